The minimum Gasteiger partial charge on any atom is -0.459 e. The van der Waals surface area contributed by atoms with Crippen LogP contribution in [0.1, 0.15) is 34.4 Å². The van der Waals surface area contributed by atoms with Crippen molar-refractivity contribution >= 4 is 40.3 Å². The lowest BCUT2D eigenvalue weighted by atomic mass is 10.1. The van der Waals surface area contributed by atoms with E-state index in [2.05, 4.69) is 21.3 Å². The van der Waals surface area contributed by atoms with E-state index in [-0.39, 0.29) is 23.6 Å². The number of rotatable bonds is 8. The molecule has 3 N–H and O–H groups in total. The maximum Gasteiger partial charge on any atom is 0.290 e. The molecule has 2 aromatic heterocycles. The predicted molar refractivity (Wildman–Crippen MR) is 120 cm³/mol. The zero-order chi connectivity index (χ0) is 23.1. The Morgan fingerprint density at radius 2 is 1.84 bits per heavy atom. The lowest BCUT2D eigenvalue weighted by Crippen LogP contribution is -2.52. The maximum atomic E-state index is 12.8. The number of hydrogen-bond acceptors (Lipinski definition) is 7. The molecular weight excluding hydrogens is 434 g/mol. The number of nitrogens with zero attached hydrogens (tertiary/aromatic N) is 2. The number of thioether (sulfide) groups is 1. The first kappa shape index (κ1) is 23.1. The van der Waals surface area contributed by atoms with Crippen LogP contribution < -0.4 is 21.7 Å². The zero-order valence-electron chi connectivity index (χ0n) is 17.6. The van der Waals surface area contributed by atoms with E-state index >= 15 is 0 Å². The molecule has 3 amide bonds. The summed E-state index contributed by atoms with van der Waals surface area (Å²) in [5.74, 6) is -1.13. The first-order valence-electron chi connectivity index (χ1n) is 9.89. The van der Waals surface area contributed by atoms with E-state index in [9.17, 15) is 19.2 Å². The number of nitrogens with one attached hydrogen (secondary N) is 3. The molecule has 3 rings (SSSR count). The average Bonchev–Trinajstić information content (AvgIpc) is 3.35. The lowest BCUT2D eigenvalue weighted by Gasteiger charge is -2.18. The molecule has 1 aromatic carbocycles. The van der Waals surface area contributed by atoms with E-state index < -0.39 is 23.8 Å². The number of furan rings is 1. The van der Waals surface area contributed by atoms with Crippen LogP contribution in [0, 0.1) is 0 Å². The van der Waals surface area contributed by atoms with Crippen molar-refractivity contribution in [2.75, 3.05) is 12.0 Å². The molecule has 0 spiro atoms. The van der Waals surface area contributed by atoms with Crippen molar-refractivity contribution in [2.24, 2.45) is 0 Å². The van der Waals surface area contributed by atoms with Crippen LogP contribution in [-0.4, -0.2) is 45.6 Å². The molecule has 1 unspecified atom stereocenters. The van der Waals surface area contributed by atoms with E-state index in [0.29, 0.717) is 22.9 Å². The van der Waals surface area contributed by atoms with Crippen LogP contribution in [0.25, 0.3) is 10.8 Å². The number of amides is 3. The number of aromatic nitrogens is 2. The minimum absolute atomic E-state index is 0.00244. The highest BCUT2D eigenvalue weighted by molar-refractivity contribution is 7.98. The molecule has 0 aliphatic carbocycles. The van der Waals surface area contributed by atoms with E-state index in [1.807, 2.05) is 6.26 Å². The number of aryl methyl sites for hydroxylation is 1. The van der Waals surface area contributed by atoms with Gasteiger partial charge in [0.2, 0.25) is 0 Å². The average molecular weight is 458 g/mol. The summed E-state index contributed by atoms with van der Waals surface area (Å²) in [5.41, 5.74) is 4.36. The van der Waals surface area contributed by atoms with Gasteiger partial charge in [-0.1, -0.05) is 18.2 Å². The van der Waals surface area contributed by atoms with E-state index in [0.717, 1.165) is 0 Å². The van der Waals surface area contributed by atoms with Gasteiger partial charge in [0.05, 0.1) is 11.6 Å². The lowest BCUT2D eigenvalue weighted by molar-refractivity contribution is -0.123. The van der Waals surface area contributed by atoms with Gasteiger partial charge in [-0.3, -0.25) is 30.0 Å². The number of hydrazine groups is 1. The van der Waals surface area contributed by atoms with Crippen molar-refractivity contribution in [3.05, 3.63) is 64.5 Å². The molecule has 0 saturated carbocycles. The van der Waals surface area contributed by atoms with Gasteiger partial charge in [0.1, 0.15) is 6.04 Å². The van der Waals surface area contributed by atoms with Gasteiger partial charge < -0.3 is 9.73 Å². The highest BCUT2D eigenvalue weighted by Crippen LogP contribution is 2.13. The molecule has 1 atom stereocenters. The Bertz CT molecular complexity index is 1180. The molecule has 0 fully saturated rings. The van der Waals surface area contributed by atoms with Gasteiger partial charge in [-0.05, 0) is 43.6 Å². The Morgan fingerprint density at radius 1 is 1.09 bits per heavy atom. The van der Waals surface area contributed by atoms with Crippen LogP contribution in [0.5, 0.6) is 0 Å². The fourth-order valence-corrected chi connectivity index (χ4v) is 3.49. The first-order valence-corrected chi connectivity index (χ1v) is 11.3. The minimum atomic E-state index is -0.894. The Balaban J connectivity index is 1.75. The van der Waals surface area contributed by atoms with Crippen molar-refractivity contribution < 1.29 is 18.8 Å². The van der Waals surface area contributed by atoms with E-state index in [4.69, 9.17) is 4.42 Å². The molecule has 3 aromatic rings. The van der Waals surface area contributed by atoms with Crippen molar-refractivity contribution in [1.82, 2.24) is 25.9 Å². The SMILES string of the molecule is CCn1nc(C(=O)NNC(=O)C(CCSC)NC(=O)c2ccco2)c2ccccc2c1=O. The quantitative estimate of drug-likeness (QED) is 0.434. The Labute approximate surface area is 187 Å². The Hall–Kier alpha value is -3.60. The smallest absolute Gasteiger partial charge is 0.290 e. The molecule has 0 bridgehead atoms. The Morgan fingerprint density at radius 3 is 2.50 bits per heavy atom. The van der Waals surface area contributed by atoms with Gasteiger partial charge in [-0.15, -0.1) is 0 Å². The summed E-state index contributed by atoms with van der Waals surface area (Å²) >= 11 is 1.52. The molecule has 0 aliphatic heterocycles. The highest BCUT2D eigenvalue weighted by atomic mass is 32.2. The van der Waals surface area contributed by atoms with Crippen LogP contribution in [0.15, 0.2) is 51.9 Å². The third-order valence-corrected chi connectivity index (χ3v) is 5.30. The number of carbonyl (C=O) groups excluding carboxylic acids is 3. The fourth-order valence-electron chi connectivity index (χ4n) is 3.02. The van der Waals surface area contributed by atoms with Crippen LogP contribution in [0.4, 0.5) is 0 Å². The van der Waals surface area contributed by atoms with Crippen LogP contribution in [-0.2, 0) is 11.3 Å². The number of fused-ring (bicyclic) bond motifs is 1. The third-order valence-electron chi connectivity index (χ3n) is 4.66. The van der Waals surface area contributed by atoms with Crippen molar-refractivity contribution in [3.8, 4) is 0 Å². The maximum absolute atomic E-state index is 12.8. The Kier molecular flexibility index (Phi) is 7.66. The van der Waals surface area contributed by atoms with Gasteiger partial charge in [0.15, 0.2) is 11.5 Å². The number of hydrogen-bond donors (Lipinski definition) is 3. The van der Waals surface area contributed by atoms with Crippen molar-refractivity contribution in [2.45, 2.75) is 25.9 Å². The normalized spacial score (nSPS) is 11.7. The second kappa shape index (κ2) is 10.6. The van der Waals surface area contributed by atoms with Gasteiger partial charge >= 0.3 is 0 Å². The zero-order valence-corrected chi connectivity index (χ0v) is 18.4. The standard InChI is InChI=1S/C21H23N5O5S/c1-3-26-21(30)14-8-5-4-7-13(14)17(25-26)20(29)24-23-18(27)15(10-12-32-2)22-19(28)16-9-6-11-31-16/h4-9,11,15H,3,10,12H2,1-2H3,(H,22,28)(H,23,27)(H,24,29). The summed E-state index contributed by atoms with van der Waals surface area (Å²) in [6.45, 7) is 2.02. The molecule has 10 nitrogen and oxygen atoms in total. The summed E-state index contributed by atoms with van der Waals surface area (Å²) in [7, 11) is 0. The summed E-state index contributed by atoms with van der Waals surface area (Å²) in [6.07, 6.45) is 3.58. The molecule has 0 saturated heterocycles. The molecule has 168 valence electrons. The van der Waals surface area contributed by atoms with Crippen LogP contribution in [0.3, 0.4) is 0 Å². The van der Waals surface area contributed by atoms with Gasteiger partial charge in [0, 0.05) is 11.9 Å². The largest absolute Gasteiger partial charge is 0.459 e. The summed E-state index contributed by atoms with van der Waals surface area (Å²) in [6, 6.07) is 8.78. The van der Waals surface area contributed by atoms with Crippen molar-refractivity contribution in [3.63, 3.8) is 0 Å². The summed E-state index contributed by atoms with van der Waals surface area (Å²) in [4.78, 5) is 50.2. The summed E-state index contributed by atoms with van der Waals surface area (Å²) in [5, 5.41) is 7.46. The molecular formula is C21H23N5O5S. The summed E-state index contributed by atoms with van der Waals surface area (Å²) < 4.78 is 6.24. The molecule has 32 heavy (non-hydrogen) atoms. The second-order valence-corrected chi connectivity index (χ2v) is 7.73. The van der Waals surface area contributed by atoms with Gasteiger partial charge in [0.25, 0.3) is 23.3 Å². The van der Waals surface area contributed by atoms with E-state index in [1.165, 1.54) is 28.8 Å². The van der Waals surface area contributed by atoms with Crippen LogP contribution >= 0.6 is 11.8 Å². The second-order valence-electron chi connectivity index (χ2n) is 6.74. The molecule has 0 radical (unpaired) electrons. The van der Waals surface area contributed by atoms with Gasteiger partial charge in [-0.25, -0.2) is 4.68 Å². The van der Waals surface area contributed by atoms with Crippen LogP contribution in [0.2, 0.25) is 0 Å². The number of benzene rings is 1. The van der Waals surface area contributed by atoms with Crippen molar-refractivity contribution in [1.29, 1.82) is 0 Å². The predicted octanol–water partition coefficient (Wildman–Crippen LogP) is 1.32. The third kappa shape index (κ3) is 5.17. The molecule has 11 heteroatoms. The monoisotopic (exact) mass is 457 g/mol. The fraction of sp³-hybridized carbons (Fsp3) is 0.286. The number of carbonyl (C=O) groups is 3. The topological polar surface area (TPSA) is 135 Å². The molecule has 0 aliphatic rings. The highest BCUT2D eigenvalue weighted by Gasteiger charge is 2.24. The van der Waals surface area contributed by atoms with Gasteiger partial charge in [-0.2, -0.15) is 16.9 Å². The first-order chi connectivity index (χ1) is 15.5. The molecule has 2 heterocycles. The van der Waals surface area contributed by atoms with E-state index in [1.54, 1.807) is 37.3 Å².